The van der Waals surface area contributed by atoms with Gasteiger partial charge in [0.05, 0.1) is 5.56 Å². The predicted molar refractivity (Wildman–Crippen MR) is 101 cm³/mol. The Kier molecular flexibility index (Phi) is 5.17. The van der Waals surface area contributed by atoms with Crippen LogP contribution >= 0.6 is 11.6 Å². The van der Waals surface area contributed by atoms with Gasteiger partial charge < -0.3 is 13.7 Å². The highest BCUT2D eigenvalue weighted by molar-refractivity contribution is 6.28. The molecule has 1 aromatic carbocycles. The summed E-state index contributed by atoms with van der Waals surface area (Å²) in [5.41, 5.74) is 1.38. The molecule has 3 aromatic heterocycles. The molecule has 0 saturated carbocycles. The zero-order valence-electron chi connectivity index (χ0n) is 15.4. The van der Waals surface area contributed by atoms with E-state index in [4.69, 9.17) is 20.8 Å². The van der Waals surface area contributed by atoms with Crippen molar-refractivity contribution in [2.24, 2.45) is 7.05 Å². The van der Waals surface area contributed by atoms with Crippen molar-refractivity contribution in [3.8, 4) is 28.5 Å². The van der Waals surface area contributed by atoms with Crippen molar-refractivity contribution >= 4 is 11.6 Å². The lowest BCUT2D eigenvalue weighted by Gasteiger charge is -2.09. The fourth-order valence-electron chi connectivity index (χ4n) is 2.75. The van der Waals surface area contributed by atoms with E-state index in [1.165, 1.54) is 30.5 Å². The Hall–Kier alpha value is -3.40. The SMILES string of the molecule is Cn1cc(C(F)(F)F)nc1-c1ccc(COc2nc(Cl)ncc2-c2cocn2)cc1. The lowest BCUT2D eigenvalue weighted by atomic mass is 10.1. The molecule has 0 N–H and O–H groups in total. The monoisotopic (exact) mass is 435 g/mol. The lowest BCUT2D eigenvalue weighted by molar-refractivity contribution is -0.140. The number of nitrogens with zero attached hydrogens (tertiary/aromatic N) is 5. The summed E-state index contributed by atoms with van der Waals surface area (Å²) in [6.45, 7) is 0.146. The number of imidazole rings is 1. The second-order valence-corrected chi connectivity index (χ2v) is 6.61. The minimum atomic E-state index is -4.50. The Bertz CT molecular complexity index is 1160. The Labute approximate surface area is 173 Å². The van der Waals surface area contributed by atoms with E-state index in [2.05, 4.69) is 19.9 Å². The molecule has 0 amide bonds. The lowest BCUT2D eigenvalue weighted by Crippen LogP contribution is -2.04. The Morgan fingerprint density at radius 2 is 1.90 bits per heavy atom. The minimum absolute atomic E-state index is 0.0165. The average Bonchev–Trinajstić information content (AvgIpc) is 3.36. The van der Waals surface area contributed by atoms with E-state index in [-0.39, 0.29) is 23.6 Å². The maximum Gasteiger partial charge on any atom is 0.434 e. The molecule has 0 aliphatic heterocycles. The van der Waals surface area contributed by atoms with Crippen molar-refractivity contribution in [2.75, 3.05) is 0 Å². The molecule has 4 rings (SSSR count). The summed E-state index contributed by atoms with van der Waals surface area (Å²) < 4.78 is 50.7. The molecule has 0 bridgehead atoms. The Balaban J connectivity index is 1.52. The van der Waals surface area contributed by atoms with E-state index in [9.17, 15) is 13.2 Å². The number of ether oxygens (including phenoxy) is 1. The van der Waals surface area contributed by atoms with E-state index in [0.717, 1.165) is 11.8 Å². The standard InChI is InChI=1S/C19H13ClF3N5O2/c1-28-7-15(19(21,22)23)26-16(28)12-4-2-11(3-5-12)8-30-17-13(6-24-18(20)27-17)14-9-29-10-25-14/h2-7,9-10H,8H2,1H3. The van der Waals surface area contributed by atoms with Crippen LogP contribution in [0.2, 0.25) is 5.28 Å². The molecule has 0 spiro atoms. The number of aromatic nitrogens is 5. The first-order chi connectivity index (χ1) is 14.3. The number of hydrogen-bond donors (Lipinski definition) is 0. The van der Waals surface area contributed by atoms with Gasteiger partial charge in [-0.25, -0.2) is 15.0 Å². The quantitative estimate of drug-likeness (QED) is 0.420. The number of oxazole rings is 1. The van der Waals surface area contributed by atoms with Gasteiger partial charge in [-0.15, -0.1) is 0 Å². The number of benzene rings is 1. The number of hydrogen-bond acceptors (Lipinski definition) is 6. The number of rotatable bonds is 5. The van der Waals surface area contributed by atoms with E-state index in [1.807, 2.05) is 0 Å². The van der Waals surface area contributed by atoms with Crippen LogP contribution in [0.15, 0.2) is 53.7 Å². The zero-order valence-corrected chi connectivity index (χ0v) is 16.1. The molecule has 4 aromatic rings. The summed E-state index contributed by atoms with van der Waals surface area (Å²) in [6, 6.07) is 6.81. The van der Waals surface area contributed by atoms with Crippen molar-refractivity contribution in [1.29, 1.82) is 0 Å². The number of aryl methyl sites for hydroxylation is 1. The molecule has 11 heteroatoms. The zero-order chi connectivity index (χ0) is 21.3. The largest absolute Gasteiger partial charge is 0.472 e. The molecule has 0 fully saturated rings. The van der Waals surface area contributed by atoms with Crippen LogP contribution in [0.3, 0.4) is 0 Å². The maximum absolute atomic E-state index is 12.9. The van der Waals surface area contributed by atoms with Gasteiger partial charge in [0.15, 0.2) is 12.1 Å². The summed E-state index contributed by atoms with van der Waals surface area (Å²) in [7, 11) is 1.51. The van der Waals surface area contributed by atoms with Gasteiger partial charge in [-0.3, -0.25) is 0 Å². The molecule has 0 unspecified atom stereocenters. The van der Waals surface area contributed by atoms with Crippen molar-refractivity contribution in [2.45, 2.75) is 12.8 Å². The average molecular weight is 436 g/mol. The summed E-state index contributed by atoms with van der Waals surface area (Å²) in [4.78, 5) is 15.7. The summed E-state index contributed by atoms with van der Waals surface area (Å²) in [6.07, 6.45) is 0.635. The van der Waals surface area contributed by atoms with Crippen LogP contribution in [0.25, 0.3) is 22.6 Å². The highest BCUT2D eigenvalue weighted by Crippen LogP contribution is 2.31. The van der Waals surface area contributed by atoms with Crippen LogP contribution in [0.5, 0.6) is 5.88 Å². The first-order valence-corrected chi connectivity index (χ1v) is 8.93. The maximum atomic E-state index is 12.9. The minimum Gasteiger partial charge on any atom is -0.472 e. The summed E-state index contributed by atoms with van der Waals surface area (Å²) in [5.74, 6) is 0.442. The van der Waals surface area contributed by atoms with Crippen molar-refractivity contribution in [3.63, 3.8) is 0 Å². The van der Waals surface area contributed by atoms with Crippen LogP contribution < -0.4 is 4.74 Å². The molecule has 7 nitrogen and oxygen atoms in total. The molecule has 0 aliphatic rings. The van der Waals surface area contributed by atoms with E-state index in [0.29, 0.717) is 16.8 Å². The molecule has 0 aliphatic carbocycles. The fraction of sp³-hybridized carbons (Fsp3) is 0.158. The number of halogens is 4. The van der Waals surface area contributed by atoms with Gasteiger partial charge in [0, 0.05) is 25.0 Å². The molecule has 154 valence electrons. The van der Waals surface area contributed by atoms with Crippen molar-refractivity contribution < 1.29 is 22.3 Å². The van der Waals surface area contributed by atoms with Gasteiger partial charge in [-0.05, 0) is 17.2 Å². The first-order valence-electron chi connectivity index (χ1n) is 8.55. The number of alkyl halides is 3. The Morgan fingerprint density at radius 1 is 1.13 bits per heavy atom. The van der Waals surface area contributed by atoms with Gasteiger partial charge in [0.1, 0.15) is 24.4 Å². The topological polar surface area (TPSA) is 78.9 Å². The molecular formula is C19H13ClF3N5O2. The Morgan fingerprint density at radius 3 is 2.53 bits per heavy atom. The normalized spacial score (nSPS) is 11.6. The van der Waals surface area contributed by atoms with E-state index >= 15 is 0 Å². The van der Waals surface area contributed by atoms with Gasteiger partial charge in [-0.2, -0.15) is 18.2 Å². The van der Waals surface area contributed by atoms with Gasteiger partial charge in [0.25, 0.3) is 0 Å². The molecule has 0 atom stereocenters. The second kappa shape index (κ2) is 7.79. The van der Waals surface area contributed by atoms with Crippen LogP contribution in [-0.2, 0) is 19.8 Å². The third kappa shape index (κ3) is 4.13. The first kappa shape index (κ1) is 19.9. The van der Waals surface area contributed by atoms with Crippen LogP contribution in [-0.4, -0.2) is 24.5 Å². The highest BCUT2D eigenvalue weighted by Gasteiger charge is 2.34. The van der Waals surface area contributed by atoms with Crippen LogP contribution in [0.4, 0.5) is 13.2 Å². The van der Waals surface area contributed by atoms with Crippen LogP contribution in [0, 0.1) is 0 Å². The third-order valence-corrected chi connectivity index (χ3v) is 4.37. The fourth-order valence-corrected chi connectivity index (χ4v) is 2.88. The van der Waals surface area contributed by atoms with Gasteiger partial charge >= 0.3 is 6.18 Å². The second-order valence-electron chi connectivity index (χ2n) is 6.28. The van der Waals surface area contributed by atoms with E-state index < -0.39 is 11.9 Å². The summed E-state index contributed by atoms with van der Waals surface area (Å²) in [5, 5.41) is 0.0165. The van der Waals surface area contributed by atoms with Crippen molar-refractivity contribution in [1.82, 2.24) is 24.5 Å². The molecule has 0 saturated heterocycles. The highest BCUT2D eigenvalue weighted by atomic mass is 35.5. The van der Waals surface area contributed by atoms with E-state index in [1.54, 1.807) is 24.3 Å². The van der Waals surface area contributed by atoms with Gasteiger partial charge in [-0.1, -0.05) is 24.3 Å². The smallest absolute Gasteiger partial charge is 0.434 e. The molecular weight excluding hydrogens is 423 g/mol. The molecule has 30 heavy (non-hydrogen) atoms. The van der Waals surface area contributed by atoms with Crippen LogP contribution in [0.1, 0.15) is 11.3 Å². The summed E-state index contributed by atoms with van der Waals surface area (Å²) >= 11 is 5.86. The molecule has 0 radical (unpaired) electrons. The van der Waals surface area contributed by atoms with Crippen molar-refractivity contribution in [3.05, 3.63) is 65.9 Å². The predicted octanol–water partition coefficient (Wildman–Crippen LogP) is 4.78. The van der Waals surface area contributed by atoms with Gasteiger partial charge in [0.2, 0.25) is 11.2 Å². The molecule has 3 heterocycles. The third-order valence-electron chi connectivity index (χ3n) is 4.19.